The molecule has 0 radical (unpaired) electrons. The molecule has 0 spiro atoms. The molecule has 0 aliphatic rings. The maximum absolute atomic E-state index is 12.5. The fourth-order valence-corrected chi connectivity index (χ4v) is 12.2. The second-order valence-corrected chi connectivity index (χ2v) is 27.0. The Bertz CT molecular complexity index is 1520. The number of esters is 1. The second-order valence-electron chi connectivity index (χ2n) is 27.0. The Balaban J connectivity index is 3.39. The van der Waals surface area contributed by atoms with Gasteiger partial charge in [0.15, 0.2) is 0 Å². The molecule has 0 fully saturated rings. The number of carbonyl (C=O) groups is 2. The number of rotatable bonds is 74. The van der Waals surface area contributed by atoms with E-state index < -0.39 is 12.1 Å². The van der Waals surface area contributed by atoms with Gasteiger partial charge in [0, 0.05) is 12.8 Å². The van der Waals surface area contributed by atoms with Gasteiger partial charge in [-0.05, 0) is 89.9 Å². The molecule has 0 saturated heterocycles. The van der Waals surface area contributed by atoms with Crippen LogP contribution in [0, 0.1) is 0 Å². The molecule has 88 heavy (non-hydrogen) atoms. The number of aliphatic hydroxyl groups excluding tert-OH is 2. The lowest BCUT2D eigenvalue weighted by Crippen LogP contribution is -2.45. The lowest BCUT2D eigenvalue weighted by atomic mass is 10.0. The van der Waals surface area contributed by atoms with Crippen LogP contribution < -0.4 is 5.32 Å². The minimum atomic E-state index is -0.844. The largest absolute Gasteiger partial charge is 0.466 e. The van der Waals surface area contributed by atoms with Crippen LogP contribution >= 0.6 is 0 Å². The molecule has 0 saturated carbocycles. The molecule has 3 N–H and O–H groups in total. The van der Waals surface area contributed by atoms with Crippen LogP contribution in [0.5, 0.6) is 0 Å². The molecular weight excluding hydrogens is 1080 g/mol. The van der Waals surface area contributed by atoms with E-state index in [9.17, 15) is 19.8 Å². The van der Waals surface area contributed by atoms with Crippen molar-refractivity contribution in [3.63, 3.8) is 0 Å². The molecule has 0 heterocycles. The maximum Gasteiger partial charge on any atom is 0.305 e. The summed E-state index contributed by atoms with van der Waals surface area (Å²) in [5, 5.41) is 23.3. The van der Waals surface area contributed by atoms with Crippen LogP contribution in [0.25, 0.3) is 0 Å². The summed E-state index contributed by atoms with van der Waals surface area (Å²) < 4.78 is 5.48. The first kappa shape index (κ1) is 85.6. The second kappa shape index (κ2) is 77.0. The van der Waals surface area contributed by atoms with Crippen molar-refractivity contribution in [2.24, 2.45) is 0 Å². The summed E-state index contributed by atoms with van der Waals surface area (Å²) in [6, 6.07) is -0.628. The summed E-state index contributed by atoms with van der Waals surface area (Å²) >= 11 is 0. The van der Waals surface area contributed by atoms with Gasteiger partial charge in [-0.3, -0.25) is 9.59 Å². The van der Waals surface area contributed by atoms with E-state index in [0.29, 0.717) is 19.4 Å². The van der Waals surface area contributed by atoms with Gasteiger partial charge in [0.05, 0.1) is 25.4 Å². The van der Waals surface area contributed by atoms with Gasteiger partial charge in [-0.25, -0.2) is 0 Å². The van der Waals surface area contributed by atoms with Gasteiger partial charge in [0.1, 0.15) is 0 Å². The number of nitrogens with one attached hydrogen (secondary N) is 1. The van der Waals surface area contributed by atoms with Crippen LogP contribution in [0.2, 0.25) is 0 Å². The lowest BCUT2D eigenvalue weighted by molar-refractivity contribution is -0.143. The highest BCUT2D eigenvalue weighted by molar-refractivity contribution is 5.76. The quantitative estimate of drug-likeness (QED) is 0.0320. The summed E-state index contributed by atoms with van der Waals surface area (Å²) in [6.07, 6.45) is 103. The van der Waals surface area contributed by atoms with E-state index in [1.54, 1.807) is 6.08 Å². The normalized spacial score (nSPS) is 12.8. The minimum absolute atomic E-state index is 0.00395. The van der Waals surface area contributed by atoms with E-state index >= 15 is 0 Å². The van der Waals surface area contributed by atoms with E-state index in [2.05, 4.69) is 67.8 Å². The van der Waals surface area contributed by atoms with Crippen molar-refractivity contribution in [2.75, 3.05) is 13.2 Å². The molecule has 6 nitrogen and oxygen atoms in total. The molecule has 1 amide bonds. The molecule has 2 unspecified atom stereocenters. The predicted molar refractivity (Wildman–Crippen MR) is 389 cm³/mol. The van der Waals surface area contributed by atoms with Crippen molar-refractivity contribution < 1.29 is 24.5 Å². The zero-order valence-electron chi connectivity index (χ0n) is 59.2. The van der Waals surface area contributed by atoms with Gasteiger partial charge in [0.2, 0.25) is 5.91 Å². The van der Waals surface area contributed by atoms with Gasteiger partial charge in [-0.1, -0.05) is 383 Å². The summed E-state index contributed by atoms with van der Waals surface area (Å²) in [4.78, 5) is 24.6. The Morgan fingerprint density at radius 2 is 0.580 bits per heavy atom. The standard InChI is InChI=1S/C82H153NO5/c1-3-5-7-9-11-13-15-17-19-20-21-41-44-47-50-54-58-62-66-70-74-80(85)79(78-84)83-81(86)75-71-67-63-59-55-51-48-45-42-39-37-35-33-31-29-27-25-23-22-24-26-28-30-32-34-36-38-40-43-46-49-53-57-61-65-69-73-77-88-82(87)76-72-68-64-60-56-52-18-16-14-12-10-8-6-4-2/h10,12,16,18,22,24,28,30,70,74,79-80,84-85H,3-9,11,13-15,17,19-21,23,25-27,29,31-69,71-73,75-78H2,1-2H3,(H,83,86)/b12-10-,18-16-,24-22-,30-28-,74-70+. The van der Waals surface area contributed by atoms with Crippen LogP contribution in [0.3, 0.4) is 0 Å². The molecule has 516 valence electrons. The summed E-state index contributed by atoms with van der Waals surface area (Å²) in [7, 11) is 0. The van der Waals surface area contributed by atoms with Crippen LogP contribution in [0.15, 0.2) is 60.8 Å². The fraction of sp³-hybridized carbons (Fsp3) is 0.854. The fourth-order valence-electron chi connectivity index (χ4n) is 12.2. The van der Waals surface area contributed by atoms with Crippen molar-refractivity contribution in [1.29, 1.82) is 0 Å². The van der Waals surface area contributed by atoms with E-state index in [1.807, 2.05) is 6.08 Å². The molecule has 0 aromatic rings. The smallest absolute Gasteiger partial charge is 0.305 e. The Hall–Kier alpha value is -2.44. The van der Waals surface area contributed by atoms with Crippen molar-refractivity contribution >= 4 is 11.9 Å². The third-order valence-electron chi connectivity index (χ3n) is 18.3. The zero-order valence-corrected chi connectivity index (χ0v) is 59.2. The van der Waals surface area contributed by atoms with Gasteiger partial charge >= 0.3 is 5.97 Å². The van der Waals surface area contributed by atoms with E-state index in [1.165, 1.54) is 340 Å². The molecule has 2 atom stereocenters. The minimum Gasteiger partial charge on any atom is -0.466 e. The van der Waals surface area contributed by atoms with Crippen LogP contribution in [0.1, 0.15) is 425 Å². The highest BCUT2D eigenvalue weighted by Crippen LogP contribution is 2.19. The van der Waals surface area contributed by atoms with E-state index in [-0.39, 0.29) is 18.5 Å². The molecule has 0 aromatic carbocycles. The highest BCUT2D eigenvalue weighted by atomic mass is 16.5. The van der Waals surface area contributed by atoms with Gasteiger partial charge in [0.25, 0.3) is 0 Å². The SMILES string of the molecule is CCCC/C=C\C/C=C\CCCCCCCC(=O)OCCCCCCCCCCCCCCC/C=C\C/C=C\CCCCCCCCCCCCCCCCCCCC(=O)NC(CO)C(O)/C=C/CCCCCCCCCCCCCCCCCCCC. The first-order valence-corrected chi connectivity index (χ1v) is 39.6. The van der Waals surface area contributed by atoms with Gasteiger partial charge in [-0.15, -0.1) is 0 Å². The van der Waals surface area contributed by atoms with Crippen LogP contribution in [-0.2, 0) is 14.3 Å². The van der Waals surface area contributed by atoms with Crippen molar-refractivity contribution in [3.05, 3.63) is 60.8 Å². The van der Waals surface area contributed by atoms with Gasteiger partial charge < -0.3 is 20.3 Å². The third-order valence-corrected chi connectivity index (χ3v) is 18.3. The summed E-state index contributed by atoms with van der Waals surface area (Å²) in [6.45, 7) is 4.89. The number of ether oxygens (including phenoxy) is 1. The Morgan fingerprint density at radius 1 is 0.318 bits per heavy atom. The number of amides is 1. The van der Waals surface area contributed by atoms with Crippen molar-refractivity contribution in [1.82, 2.24) is 5.32 Å². The number of unbranched alkanes of at least 4 members (excludes halogenated alkanes) is 55. The number of aliphatic hydroxyl groups is 2. The zero-order chi connectivity index (χ0) is 63.5. The average Bonchev–Trinajstić information content (AvgIpc) is 3.58. The number of allylic oxidation sites excluding steroid dienone is 9. The molecule has 0 rings (SSSR count). The first-order chi connectivity index (χ1) is 43.5. The van der Waals surface area contributed by atoms with Crippen LogP contribution in [-0.4, -0.2) is 47.4 Å². The third kappa shape index (κ3) is 72.6. The topological polar surface area (TPSA) is 95.9 Å². The Kier molecular flexibility index (Phi) is 74.9. The van der Waals surface area contributed by atoms with E-state index in [0.717, 1.165) is 57.8 Å². The monoisotopic (exact) mass is 1230 g/mol. The van der Waals surface area contributed by atoms with Gasteiger partial charge in [-0.2, -0.15) is 0 Å². The van der Waals surface area contributed by atoms with Crippen LogP contribution in [0.4, 0.5) is 0 Å². The Labute approximate surface area is 549 Å². The predicted octanol–water partition coefficient (Wildman–Crippen LogP) is 26.2. The average molecular weight is 1230 g/mol. The summed E-state index contributed by atoms with van der Waals surface area (Å²) in [5.74, 6) is -0.0577. The van der Waals surface area contributed by atoms with E-state index in [4.69, 9.17) is 4.74 Å². The number of hydrogen-bond acceptors (Lipinski definition) is 5. The number of carbonyl (C=O) groups excluding carboxylic acids is 2. The first-order valence-electron chi connectivity index (χ1n) is 39.6. The van der Waals surface area contributed by atoms with Crippen molar-refractivity contribution in [2.45, 2.75) is 437 Å². The molecule has 6 heteroatoms. The molecule has 0 aliphatic heterocycles. The summed E-state index contributed by atoms with van der Waals surface area (Å²) in [5.41, 5.74) is 0. The molecular formula is C82H153NO5. The Morgan fingerprint density at radius 3 is 0.898 bits per heavy atom. The molecule has 0 aliphatic carbocycles. The highest BCUT2D eigenvalue weighted by Gasteiger charge is 2.18. The van der Waals surface area contributed by atoms with Crippen molar-refractivity contribution in [3.8, 4) is 0 Å². The maximum atomic E-state index is 12.5. The number of hydrogen-bond donors (Lipinski definition) is 3. The lowest BCUT2D eigenvalue weighted by Gasteiger charge is -2.20. The molecule has 0 aromatic heterocycles. The molecule has 0 bridgehead atoms.